The van der Waals surface area contributed by atoms with Crippen LogP contribution in [0.2, 0.25) is 0 Å². The zero-order valence-corrected chi connectivity index (χ0v) is 9.86. The smallest absolute Gasteiger partial charge is 0.167 e. The first kappa shape index (κ1) is 11.5. The van der Waals surface area contributed by atoms with Crippen molar-refractivity contribution in [1.29, 1.82) is 5.26 Å². The van der Waals surface area contributed by atoms with E-state index in [1.807, 2.05) is 6.07 Å². The summed E-state index contributed by atoms with van der Waals surface area (Å²) in [7, 11) is 1.52. The molecule has 0 aliphatic rings. The Morgan fingerprint density at radius 3 is 2.88 bits per heavy atom. The second kappa shape index (κ2) is 4.89. The van der Waals surface area contributed by atoms with Gasteiger partial charge >= 0.3 is 0 Å². The molecule has 5 heteroatoms. The molecule has 0 fully saturated rings. The fourth-order valence-corrected chi connectivity index (χ4v) is 1.57. The monoisotopic (exact) mass is 248 g/mol. The largest absolute Gasteiger partial charge is 0.495 e. The standard InChI is InChI=1S/C12H9ClN2O2/c1-16-11-4-8(2-3-9(11)7-14)12-5-10(6-13)15-17-12/h2-5H,6H2,1H3. The summed E-state index contributed by atoms with van der Waals surface area (Å²) < 4.78 is 10.3. The van der Waals surface area contributed by atoms with Crippen LogP contribution in [0.5, 0.6) is 5.75 Å². The molecule has 0 atom stereocenters. The summed E-state index contributed by atoms with van der Waals surface area (Å²) in [5, 5.41) is 12.7. The molecule has 0 saturated carbocycles. The first-order chi connectivity index (χ1) is 8.28. The minimum atomic E-state index is 0.302. The lowest BCUT2D eigenvalue weighted by Crippen LogP contribution is -1.88. The van der Waals surface area contributed by atoms with Gasteiger partial charge in [0.05, 0.1) is 24.2 Å². The molecule has 1 aromatic heterocycles. The number of hydrogen-bond acceptors (Lipinski definition) is 4. The van der Waals surface area contributed by atoms with E-state index in [0.29, 0.717) is 28.6 Å². The van der Waals surface area contributed by atoms with E-state index in [9.17, 15) is 0 Å². The molecular formula is C12H9ClN2O2. The molecular weight excluding hydrogens is 240 g/mol. The third-order valence-electron chi connectivity index (χ3n) is 2.30. The van der Waals surface area contributed by atoms with Gasteiger partial charge in [-0.2, -0.15) is 5.26 Å². The predicted octanol–water partition coefficient (Wildman–Crippen LogP) is 2.96. The van der Waals surface area contributed by atoms with Crippen molar-refractivity contribution in [3.63, 3.8) is 0 Å². The number of alkyl halides is 1. The number of nitriles is 1. The number of ether oxygens (including phenoxy) is 1. The van der Waals surface area contributed by atoms with Crippen LogP contribution in [0.15, 0.2) is 28.8 Å². The highest BCUT2D eigenvalue weighted by atomic mass is 35.5. The lowest BCUT2D eigenvalue weighted by atomic mass is 10.1. The van der Waals surface area contributed by atoms with Gasteiger partial charge in [0, 0.05) is 11.6 Å². The van der Waals surface area contributed by atoms with Crippen LogP contribution in [-0.4, -0.2) is 12.3 Å². The van der Waals surface area contributed by atoms with Crippen LogP contribution >= 0.6 is 11.6 Å². The zero-order chi connectivity index (χ0) is 12.3. The van der Waals surface area contributed by atoms with Gasteiger partial charge in [0.25, 0.3) is 0 Å². The Hall–Kier alpha value is -1.99. The second-order valence-corrected chi connectivity index (χ2v) is 3.61. The summed E-state index contributed by atoms with van der Waals surface area (Å²) in [6.45, 7) is 0. The first-order valence-electron chi connectivity index (χ1n) is 4.88. The highest BCUT2D eigenvalue weighted by Gasteiger charge is 2.09. The normalized spacial score (nSPS) is 9.94. The van der Waals surface area contributed by atoms with Gasteiger partial charge in [0.15, 0.2) is 5.76 Å². The summed E-state index contributed by atoms with van der Waals surface area (Å²) in [5.74, 6) is 1.41. The van der Waals surface area contributed by atoms with Gasteiger partial charge in [-0.15, -0.1) is 11.6 Å². The van der Waals surface area contributed by atoms with Crippen molar-refractivity contribution in [3.8, 4) is 23.1 Å². The third-order valence-corrected chi connectivity index (χ3v) is 2.58. The summed E-state index contributed by atoms with van der Waals surface area (Å²) in [5.41, 5.74) is 1.95. The van der Waals surface area contributed by atoms with E-state index in [2.05, 4.69) is 5.16 Å². The average molecular weight is 249 g/mol. The molecule has 0 unspecified atom stereocenters. The maximum atomic E-state index is 8.87. The maximum Gasteiger partial charge on any atom is 0.167 e. The van der Waals surface area contributed by atoms with Crippen LogP contribution in [0.1, 0.15) is 11.3 Å². The topological polar surface area (TPSA) is 59.1 Å². The molecule has 0 spiro atoms. The SMILES string of the molecule is COc1cc(-c2cc(CCl)no2)ccc1C#N. The number of benzene rings is 1. The Kier molecular flexibility index (Phi) is 3.31. The molecule has 1 aromatic carbocycles. The van der Waals surface area contributed by atoms with Crippen LogP contribution < -0.4 is 4.74 Å². The summed E-state index contributed by atoms with van der Waals surface area (Å²) >= 11 is 5.64. The van der Waals surface area contributed by atoms with Crippen LogP contribution in [0.3, 0.4) is 0 Å². The van der Waals surface area contributed by atoms with Crippen LogP contribution in [0.25, 0.3) is 11.3 Å². The van der Waals surface area contributed by atoms with Crippen LogP contribution in [-0.2, 0) is 5.88 Å². The van der Waals surface area contributed by atoms with Gasteiger partial charge in [-0.05, 0) is 18.2 Å². The van der Waals surface area contributed by atoms with Crippen molar-refractivity contribution in [3.05, 3.63) is 35.5 Å². The molecule has 2 rings (SSSR count). The van der Waals surface area contributed by atoms with Gasteiger partial charge < -0.3 is 9.26 Å². The van der Waals surface area contributed by atoms with Crippen LogP contribution in [0.4, 0.5) is 0 Å². The van der Waals surface area contributed by atoms with Crippen molar-refractivity contribution >= 4 is 11.6 Å². The quantitative estimate of drug-likeness (QED) is 0.784. The minimum absolute atomic E-state index is 0.302. The number of methoxy groups -OCH3 is 1. The van der Waals surface area contributed by atoms with Gasteiger partial charge in [-0.1, -0.05) is 5.16 Å². The second-order valence-electron chi connectivity index (χ2n) is 3.34. The lowest BCUT2D eigenvalue weighted by Gasteiger charge is -2.03. The number of aromatic nitrogens is 1. The van der Waals surface area contributed by atoms with Crippen LogP contribution in [0, 0.1) is 11.3 Å². The molecule has 1 heterocycles. The summed E-state index contributed by atoms with van der Waals surface area (Å²) in [6, 6.07) is 9.00. The van der Waals surface area contributed by atoms with Crippen molar-refractivity contribution in [1.82, 2.24) is 5.16 Å². The highest BCUT2D eigenvalue weighted by molar-refractivity contribution is 6.16. The predicted molar refractivity (Wildman–Crippen MR) is 62.8 cm³/mol. The number of hydrogen-bond donors (Lipinski definition) is 0. The van der Waals surface area contributed by atoms with E-state index in [-0.39, 0.29) is 0 Å². The Balaban J connectivity index is 2.43. The third kappa shape index (κ3) is 2.24. The van der Waals surface area contributed by atoms with Gasteiger partial charge in [0.1, 0.15) is 11.8 Å². The first-order valence-corrected chi connectivity index (χ1v) is 5.42. The Morgan fingerprint density at radius 2 is 2.29 bits per heavy atom. The molecule has 86 valence electrons. The fraction of sp³-hybridized carbons (Fsp3) is 0.167. The summed E-state index contributed by atoms with van der Waals surface area (Å²) in [4.78, 5) is 0. The van der Waals surface area contributed by atoms with Gasteiger partial charge in [0.2, 0.25) is 0 Å². The molecule has 0 bridgehead atoms. The van der Waals surface area contributed by atoms with E-state index in [0.717, 1.165) is 5.56 Å². The minimum Gasteiger partial charge on any atom is -0.495 e. The number of halogens is 1. The highest BCUT2D eigenvalue weighted by Crippen LogP contribution is 2.27. The van der Waals surface area contributed by atoms with E-state index < -0.39 is 0 Å². The van der Waals surface area contributed by atoms with Crippen molar-refractivity contribution in [2.24, 2.45) is 0 Å². The van der Waals surface area contributed by atoms with E-state index in [1.54, 1.807) is 24.3 Å². The van der Waals surface area contributed by atoms with Crippen molar-refractivity contribution in [2.45, 2.75) is 5.88 Å². The molecule has 17 heavy (non-hydrogen) atoms. The number of nitrogens with zero attached hydrogens (tertiary/aromatic N) is 2. The van der Waals surface area contributed by atoms with Gasteiger partial charge in [-0.3, -0.25) is 0 Å². The Bertz CT molecular complexity index is 572. The fourth-order valence-electron chi connectivity index (χ4n) is 1.45. The van der Waals surface area contributed by atoms with E-state index in [4.69, 9.17) is 26.1 Å². The summed E-state index contributed by atoms with van der Waals surface area (Å²) in [6.07, 6.45) is 0. The zero-order valence-electron chi connectivity index (χ0n) is 9.11. The molecule has 0 N–H and O–H groups in total. The molecule has 2 aromatic rings. The van der Waals surface area contributed by atoms with Crippen molar-refractivity contribution < 1.29 is 9.26 Å². The van der Waals surface area contributed by atoms with Crippen molar-refractivity contribution in [2.75, 3.05) is 7.11 Å². The van der Waals surface area contributed by atoms with E-state index in [1.165, 1.54) is 7.11 Å². The average Bonchev–Trinajstić information content (AvgIpc) is 2.86. The number of rotatable bonds is 3. The molecule has 0 aliphatic carbocycles. The van der Waals surface area contributed by atoms with Gasteiger partial charge in [-0.25, -0.2) is 0 Å². The molecule has 4 nitrogen and oxygen atoms in total. The molecule has 0 amide bonds. The van der Waals surface area contributed by atoms with E-state index >= 15 is 0 Å². The molecule has 0 saturated heterocycles. The maximum absolute atomic E-state index is 8.87. The molecule has 0 radical (unpaired) electrons. The molecule has 0 aliphatic heterocycles. The Morgan fingerprint density at radius 1 is 1.47 bits per heavy atom. The Labute approximate surface area is 103 Å². The lowest BCUT2D eigenvalue weighted by molar-refractivity contribution is 0.411.